The number of benzene rings is 1. The largest absolute Gasteiger partial charge is 0.495 e. The van der Waals surface area contributed by atoms with Gasteiger partial charge in [-0.2, -0.15) is 0 Å². The summed E-state index contributed by atoms with van der Waals surface area (Å²) in [7, 11) is -1.82. The Morgan fingerprint density at radius 2 is 2.26 bits per heavy atom. The first-order valence-corrected chi connectivity index (χ1v) is 7.79. The molecule has 1 aromatic carbocycles. The molecule has 1 heterocycles. The molecule has 0 spiro atoms. The highest BCUT2D eigenvalue weighted by Crippen LogP contribution is 2.26. The second kappa shape index (κ2) is 5.48. The number of anilines is 1. The third-order valence-corrected chi connectivity index (χ3v) is 3.27. The average molecular weight is 283 g/mol. The van der Waals surface area contributed by atoms with E-state index in [0.29, 0.717) is 17.9 Å². The van der Waals surface area contributed by atoms with E-state index in [0.717, 1.165) is 30.7 Å². The van der Waals surface area contributed by atoms with Gasteiger partial charge in [-0.25, -0.2) is 8.42 Å². The molecule has 104 valence electrons. The summed E-state index contributed by atoms with van der Waals surface area (Å²) in [6, 6.07) is 5.41. The quantitative estimate of drug-likeness (QED) is 0.830. The molecule has 7 heteroatoms. The Kier molecular flexibility index (Phi) is 3.94. The van der Waals surface area contributed by atoms with Gasteiger partial charge in [-0.3, -0.25) is 9.71 Å². The molecule has 1 aliphatic rings. The molecule has 0 radical (unpaired) electrons. The Bertz CT molecular complexity index is 596. The number of nitrogens with one attached hydrogen (secondary N) is 2. The number of sulfonamides is 1. The standard InChI is InChI=1S/C12H17N3O3S/c1-18-11-4-3-9(8-12-13-5-6-14-12)7-10(11)15-19(2,16)17/h3-4,7,15H,5-6,8H2,1-2H3,(H,13,14). The number of ether oxygens (including phenoxy) is 1. The summed E-state index contributed by atoms with van der Waals surface area (Å²) in [5, 5.41) is 3.18. The molecule has 0 saturated carbocycles. The van der Waals surface area contributed by atoms with Crippen LogP contribution < -0.4 is 14.8 Å². The molecular formula is C12H17N3O3S. The lowest BCUT2D eigenvalue weighted by Crippen LogP contribution is -2.20. The summed E-state index contributed by atoms with van der Waals surface area (Å²) >= 11 is 0. The number of rotatable bonds is 5. The first-order valence-electron chi connectivity index (χ1n) is 5.90. The third kappa shape index (κ3) is 3.85. The van der Waals surface area contributed by atoms with Crippen molar-refractivity contribution in [2.75, 3.05) is 31.2 Å². The van der Waals surface area contributed by atoms with Gasteiger partial charge in [-0.05, 0) is 17.7 Å². The van der Waals surface area contributed by atoms with Crippen LogP contribution in [0.2, 0.25) is 0 Å². The smallest absolute Gasteiger partial charge is 0.229 e. The van der Waals surface area contributed by atoms with Crippen LogP contribution in [0.25, 0.3) is 0 Å². The van der Waals surface area contributed by atoms with Crippen molar-refractivity contribution < 1.29 is 13.2 Å². The Balaban J connectivity index is 2.24. The van der Waals surface area contributed by atoms with Gasteiger partial charge >= 0.3 is 0 Å². The van der Waals surface area contributed by atoms with Gasteiger partial charge in [0.15, 0.2) is 0 Å². The lowest BCUT2D eigenvalue weighted by atomic mass is 10.1. The zero-order valence-corrected chi connectivity index (χ0v) is 11.8. The van der Waals surface area contributed by atoms with Gasteiger partial charge in [-0.15, -0.1) is 0 Å². The molecular weight excluding hydrogens is 266 g/mol. The van der Waals surface area contributed by atoms with E-state index in [1.54, 1.807) is 12.1 Å². The minimum absolute atomic E-state index is 0.445. The van der Waals surface area contributed by atoms with Crippen LogP contribution in [0.3, 0.4) is 0 Å². The molecule has 2 N–H and O–H groups in total. The monoisotopic (exact) mass is 283 g/mol. The molecule has 1 aliphatic heterocycles. The molecule has 0 atom stereocenters. The van der Waals surface area contributed by atoms with Gasteiger partial charge in [-0.1, -0.05) is 6.07 Å². The summed E-state index contributed by atoms with van der Waals surface area (Å²) in [6.07, 6.45) is 1.77. The summed E-state index contributed by atoms with van der Waals surface area (Å²) in [4.78, 5) is 4.31. The van der Waals surface area contributed by atoms with Crippen LogP contribution in [0.1, 0.15) is 5.56 Å². The minimum Gasteiger partial charge on any atom is -0.495 e. The molecule has 0 saturated heterocycles. The minimum atomic E-state index is -3.33. The maximum atomic E-state index is 11.3. The number of aliphatic imine (C=N–C) groups is 1. The second-order valence-corrected chi connectivity index (χ2v) is 6.09. The predicted octanol–water partition coefficient (Wildman–Crippen LogP) is 0.611. The van der Waals surface area contributed by atoms with Crippen LogP contribution in [0.15, 0.2) is 23.2 Å². The summed E-state index contributed by atoms with van der Waals surface area (Å²) in [5.74, 6) is 1.42. The summed E-state index contributed by atoms with van der Waals surface area (Å²) < 4.78 is 30.2. The first-order chi connectivity index (χ1) is 8.98. The fourth-order valence-corrected chi connectivity index (χ4v) is 2.46. The molecule has 0 fully saturated rings. The zero-order chi connectivity index (χ0) is 13.9. The molecule has 0 aliphatic carbocycles. The van der Waals surface area contributed by atoms with Crippen molar-refractivity contribution in [3.8, 4) is 5.75 Å². The molecule has 0 aromatic heterocycles. The van der Waals surface area contributed by atoms with Crippen molar-refractivity contribution in [1.82, 2.24) is 5.32 Å². The lowest BCUT2D eigenvalue weighted by Gasteiger charge is -2.12. The molecule has 19 heavy (non-hydrogen) atoms. The number of methoxy groups -OCH3 is 1. The van der Waals surface area contributed by atoms with E-state index in [1.165, 1.54) is 7.11 Å². The second-order valence-electron chi connectivity index (χ2n) is 4.34. The highest BCUT2D eigenvalue weighted by Gasteiger charge is 2.11. The molecule has 6 nitrogen and oxygen atoms in total. The molecule has 1 aromatic rings. The number of nitrogens with zero attached hydrogens (tertiary/aromatic N) is 1. The maximum Gasteiger partial charge on any atom is 0.229 e. The molecule has 0 unspecified atom stereocenters. The predicted molar refractivity (Wildman–Crippen MR) is 75.5 cm³/mol. The van der Waals surface area contributed by atoms with Crippen molar-refractivity contribution in [2.45, 2.75) is 6.42 Å². The van der Waals surface area contributed by atoms with Crippen LogP contribution in [0.4, 0.5) is 5.69 Å². The molecule has 0 amide bonds. The fraction of sp³-hybridized carbons (Fsp3) is 0.417. The van der Waals surface area contributed by atoms with Gasteiger partial charge in [0.25, 0.3) is 0 Å². The van der Waals surface area contributed by atoms with Gasteiger partial charge in [0.2, 0.25) is 10.0 Å². The fourth-order valence-electron chi connectivity index (χ4n) is 1.90. The van der Waals surface area contributed by atoms with E-state index in [-0.39, 0.29) is 0 Å². The highest BCUT2D eigenvalue weighted by molar-refractivity contribution is 7.92. The first kappa shape index (κ1) is 13.7. The average Bonchev–Trinajstić information content (AvgIpc) is 2.80. The number of hydrogen-bond donors (Lipinski definition) is 2. The van der Waals surface area contributed by atoms with Gasteiger partial charge in [0, 0.05) is 13.0 Å². The van der Waals surface area contributed by atoms with Crippen molar-refractivity contribution >= 4 is 21.5 Å². The molecule has 2 rings (SSSR count). The van der Waals surface area contributed by atoms with Crippen molar-refractivity contribution in [3.05, 3.63) is 23.8 Å². The van der Waals surface area contributed by atoms with Gasteiger partial charge < -0.3 is 10.1 Å². The van der Waals surface area contributed by atoms with Crippen LogP contribution in [0.5, 0.6) is 5.75 Å². The van der Waals surface area contributed by atoms with E-state index in [1.807, 2.05) is 6.07 Å². The van der Waals surface area contributed by atoms with Crippen LogP contribution in [0, 0.1) is 0 Å². The van der Waals surface area contributed by atoms with Crippen molar-refractivity contribution in [3.63, 3.8) is 0 Å². The van der Waals surface area contributed by atoms with Gasteiger partial charge in [0.1, 0.15) is 11.6 Å². The normalized spacial score (nSPS) is 14.7. The van der Waals surface area contributed by atoms with Crippen molar-refractivity contribution in [2.24, 2.45) is 4.99 Å². The topological polar surface area (TPSA) is 79.8 Å². The van der Waals surface area contributed by atoms with E-state index in [2.05, 4.69) is 15.0 Å². The number of hydrogen-bond acceptors (Lipinski definition) is 5. The SMILES string of the molecule is COc1ccc(CC2=NCCN2)cc1NS(C)(=O)=O. The maximum absolute atomic E-state index is 11.3. The third-order valence-electron chi connectivity index (χ3n) is 2.67. The Morgan fingerprint density at radius 3 is 2.84 bits per heavy atom. The van der Waals surface area contributed by atoms with Gasteiger partial charge in [0.05, 0.1) is 25.6 Å². The number of amidine groups is 1. The Morgan fingerprint density at radius 1 is 1.47 bits per heavy atom. The lowest BCUT2D eigenvalue weighted by molar-refractivity contribution is 0.417. The van der Waals surface area contributed by atoms with E-state index < -0.39 is 10.0 Å². The summed E-state index contributed by atoms with van der Waals surface area (Å²) in [6.45, 7) is 1.65. The van der Waals surface area contributed by atoms with Crippen LogP contribution in [-0.2, 0) is 16.4 Å². The highest BCUT2D eigenvalue weighted by atomic mass is 32.2. The zero-order valence-electron chi connectivity index (χ0n) is 10.9. The molecule has 0 bridgehead atoms. The van der Waals surface area contributed by atoms with E-state index in [4.69, 9.17) is 4.74 Å². The Labute approximate surface area is 112 Å². The van der Waals surface area contributed by atoms with Crippen molar-refractivity contribution in [1.29, 1.82) is 0 Å². The summed E-state index contributed by atoms with van der Waals surface area (Å²) in [5.41, 5.74) is 1.42. The Hall–Kier alpha value is -1.76. The van der Waals surface area contributed by atoms with E-state index in [9.17, 15) is 8.42 Å². The van der Waals surface area contributed by atoms with Crippen LogP contribution >= 0.6 is 0 Å². The van der Waals surface area contributed by atoms with Crippen LogP contribution in [-0.4, -0.2) is 40.7 Å². The van der Waals surface area contributed by atoms with E-state index >= 15 is 0 Å².